The Morgan fingerprint density at radius 1 is 1.14 bits per heavy atom. The number of piperazine rings is 1. The van der Waals surface area contributed by atoms with Crippen molar-refractivity contribution >= 4 is 0 Å². The molecular weight excluding hydrogens is 276 g/mol. The zero-order valence-electron chi connectivity index (χ0n) is 13.2. The van der Waals surface area contributed by atoms with Crippen LogP contribution in [-0.4, -0.2) is 73.5 Å². The molecule has 0 aliphatic carbocycles. The predicted molar refractivity (Wildman–Crippen MR) is 88.7 cm³/mol. The first-order chi connectivity index (χ1) is 10.8. The maximum Gasteiger partial charge on any atom is 0.107 e. The minimum Gasteiger partial charge on any atom is -0.389 e. The summed E-state index contributed by atoms with van der Waals surface area (Å²) in [7, 11) is 0. The standard InChI is InChI=1S/C18H26N2O2/c1-2-14-22-16-18(21)15-20-12-10-19(11-13-20)9-8-17-6-4-3-5-7-17/h1,3-7,18,21H,8-16H2. The van der Waals surface area contributed by atoms with Crippen LogP contribution in [0.1, 0.15) is 5.56 Å². The molecule has 4 nitrogen and oxygen atoms in total. The highest BCUT2D eigenvalue weighted by atomic mass is 16.5. The molecule has 1 fully saturated rings. The fourth-order valence-corrected chi connectivity index (χ4v) is 2.73. The summed E-state index contributed by atoms with van der Waals surface area (Å²) in [6, 6.07) is 10.6. The minimum atomic E-state index is -0.454. The van der Waals surface area contributed by atoms with E-state index in [-0.39, 0.29) is 6.61 Å². The van der Waals surface area contributed by atoms with Gasteiger partial charge in [0, 0.05) is 39.3 Å². The Kier molecular flexibility index (Phi) is 7.41. The highest BCUT2D eigenvalue weighted by Gasteiger charge is 2.18. The molecule has 1 saturated heterocycles. The molecule has 2 rings (SSSR count). The lowest BCUT2D eigenvalue weighted by atomic mass is 10.1. The smallest absolute Gasteiger partial charge is 0.107 e. The van der Waals surface area contributed by atoms with E-state index in [9.17, 15) is 5.11 Å². The van der Waals surface area contributed by atoms with Crippen LogP contribution in [0, 0.1) is 12.3 Å². The van der Waals surface area contributed by atoms with Gasteiger partial charge >= 0.3 is 0 Å². The first-order valence-corrected chi connectivity index (χ1v) is 7.96. The molecule has 1 atom stereocenters. The summed E-state index contributed by atoms with van der Waals surface area (Å²) >= 11 is 0. The van der Waals surface area contributed by atoms with Gasteiger partial charge in [0.25, 0.3) is 0 Å². The number of hydrogen-bond donors (Lipinski definition) is 1. The number of terminal acetylenes is 1. The average Bonchev–Trinajstić information content (AvgIpc) is 2.55. The van der Waals surface area contributed by atoms with Crippen molar-refractivity contribution in [2.45, 2.75) is 12.5 Å². The summed E-state index contributed by atoms with van der Waals surface area (Å²) in [4.78, 5) is 4.79. The molecule has 0 spiro atoms. The summed E-state index contributed by atoms with van der Waals surface area (Å²) in [5.74, 6) is 2.41. The van der Waals surface area contributed by atoms with Crippen LogP contribution in [0.2, 0.25) is 0 Å². The molecule has 1 aliphatic heterocycles. The number of aliphatic hydroxyl groups is 1. The van der Waals surface area contributed by atoms with Crippen molar-refractivity contribution in [2.75, 3.05) is 52.5 Å². The van der Waals surface area contributed by atoms with E-state index < -0.39 is 6.10 Å². The molecule has 0 amide bonds. The van der Waals surface area contributed by atoms with E-state index in [2.05, 4.69) is 46.1 Å². The number of aliphatic hydroxyl groups excluding tert-OH is 1. The van der Waals surface area contributed by atoms with Gasteiger partial charge in [-0.2, -0.15) is 0 Å². The molecular formula is C18H26N2O2. The van der Waals surface area contributed by atoms with Crippen molar-refractivity contribution in [3.8, 4) is 12.3 Å². The lowest BCUT2D eigenvalue weighted by Gasteiger charge is -2.35. The first kappa shape index (κ1) is 17.0. The Balaban J connectivity index is 1.60. The van der Waals surface area contributed by atoms with Crippen LogP contribution in [0.3, 0.4) is 0 Å². The Morgan fingerprint density at radius 2 is 1.82 bits per heavy atom. The summed E-state index contributed by atoms with van der Waals surface area (Å²) in [5, 5.41) is 9.90. The van der Waals surface area contributed by atoms with Gasteiger partial charge in [-0.1, -0.05) is 36.3 Å². The van der Waals surface area contributed by atoms with Crippen LogP contribution >= 0.6 is 0 Å². The Hall–Kier alpha value is -1.38. The molecule has 1 N–H and O–H groups in total. The van der Waals surface area contributed by atoms with Crippen molar-refractivity contribution in [3.05, 3.63) is 35.9 Å². The Labute approximate surface area is 133 Å². The van der Waals surface area contributed by atoms with Crippen LogP contribution in [0.25, 0.3) is 0 Å². The monoisotopic (exact) mass is 302 g/mol. The van der Waals surface area contributed by atoms with Gasteiger partial charge in [-0.25, -0.2) is 0 Å². The van der Waals surface area contributed by atoms with E-state index in [0.717, 1.165) is 39.1 Å². The van der Waals surface area contributed by atoms with E-state index in [4.69, 9.17) is 11.2 Å². The highest BCUT2D eigenvalue weighted by molar-refractivity contribution is 5.14. The van der Waals surface area contributed by atoms with Gasteiger partial charge in [0.2, 0.25) is 0 Å². The molecule has 1 aromatic carbocycles. The van der Waals surface area contributed by atoms with Crippen LogP contribution in [0.15, 0.2) is 30.3 Å². The molecule has 0 aromatic heterocycles. The quantitative estimate of drug-likeness (QED) is 0.571. The summed E-state index contributed by atoms with van der Waals surface area (Å²) in [6.07, 6.45) is 5.76. The number of rotatable bonds is 8. The summed E-state index contributed by atoms with van der Waals surface area (Å²) in [5.41, 5.74) is 1.39. The van der Waals surface area contributed by atoms with E-state index in [1.165, 1.54) is 5.56 Å². The fourth-order valence-electron chi connectivity index (χ4n) is 2.73. The van der Waals surface area contributed by atoms with Gasteiger partial charge in [-0.05, 0) is 12.0 Å². The lowest BCUT2D eigenvalue weighted by Crippen LogP contribution is -2.49. The molecule has 4 heteroatoms. The van der Waals surface area contributed by atoms with E-state index in [1.54, 1.807) is 0 Å². The number of hydrogen-bond acceptors (Lipinski definition) is 4. The first-order valence-electron chi connectivity index (χ1n) is 7.96. The van der Waals surface area contributed by atoms with Crippen LogP contribution < -0.4 is 0 Å². The largest absolute Gasteiger partial charge is 0.389 e. The third kappa shape index (κ3) is 6.17. The molecule has 0 bridgehead atoms. The lowest BCUT2D eigenvalue weighted by molar-refractivity contribution is 0.0163. The van der Waals surface area contributed by atoms with Crippen LogP contribution in [0.5, 0.6) is 0 Å². The highest BCUT2D eigenvalue weighted by Crippen LogP contribution is 2.06. The van der Waals surface area contributed by atoms with Crippen LogP contribution in [-0.2, 0) is 11.2 Å². The SMILES string of the molecule is C#CCOCC(O)CN1CCN(CCc2ccccc2)CC1. The second kappa shape index (κ2) is 9.60. The van der Waals surface area contributed by atoms with Gasteiger partial charge in [0.05, 0.1) is 12.7 Å². The molecule has 22 heavy (non-hydrogen) atoms. The third-order valence-corrected chi connectivity index (χ3v) is 3.99. The van der Waals surface area contributed by atoms with Crippen molar-refractivity contribution < 1.29 is 9.84 Å². The fraction of sp³-hybridized carbons (Fsp3) is 0.556. The third-order valence-electron chi connectivity index (χ3n) is 3.99. The normalized spacial score (nSPS) is 18.0. The van der Waals surface area contributed by atoms with Crippen molar-refractivity contribution in [2.24, 2.45) is 0 Å². The van der Waals surface area contributed by atoms with Gasteiger partial charge in [0.1, 0.15) is 6.61 Å². The number of ether oxygens (including phenoxy) is 1. The van der Waals surface area contributed by atoms with Crippen molar-refractivity contribution in [1.82, 2.24) is 9.80 Å². The Morgan fingerprint density at radius 3 is 2.50 bits per heavy atom. The second-order valence-corrected chi connectivity index (χ2v) is 5.75. The minimum absolute atomic E-state index is 0.268. The number of benzene rings is 1. The number of nitrogens with zero attached hydrogens (tertiary/aromatic N) is 2. The van der Waals surface area contributed by atoms with E-state index >= 15 is 0 Å². The van der Waals surface area contributed by atoms with Gasteiger partial charge in [-0.15, -0.1) is 6.42 Å². The van der Waals surface area contributed by atoms with Gasteiger partial charge < -0.3 is 14.7 Å². The Bertz CT molecular complexity index is 450. The van der Waals surface area contributed by atoms with Crippen molar-refractivity contribution in [1.29, 1.82) is 0 Å². The second-order valence-electron chi connectivity index (χ2n) is 5.75. The zero-order chi connectivity index (χ0) is 15.6. The van der Waals surface area contributed by atoms with Crippen LogP contribution in [0.4, 0.5) is 0 Å². The molecule has 1 aliphatic rings. The maximum absolute atomic E-state index is 9.90. The van der Waals surface area contributed by atoms with Crippen molar-refractivity contribution in [3.63, 3.8) is 0 Å². The van der Waals surface area contributed by atoms with E-state index in [0.29, 0.717) is 13.2 Å². The zero-order valence-corrected chi connectivity index (χ0v) is 13.2. The average molecular weight is 302 g/mol. The van der Waals surface area contributed by atoms with Gasteiger partial charge in [-0.3, -0.25) is 4.90 Å². The number of β-amino-alcohol motifs (C(OH)–C–C–N with tert-alkyl or cyclic N) is 1. The molecule has 1 unspecified atom stereocenters. The molecule has 1 aromatic rings. The molecule has 0 saturated carbocycles. The molecule has 0 radical (unpaired) electrons. The summed E-state index contributed by atoms with van der Waals surface area (Å²) in [6.45, 7) is 6.48. The van der Waals surface area contributed by atoms with Gasteiger partial charge in [0.15, 0.2) is 0 Å². The predicted octanol–water partition coefficient (Wildman–Crippen LogP) is 0.857. The molecule has 120 valence electrons. The molecule has 1 heterocycles. The topological polar surface area (TPSA) is 35.9 Å². The summed E-state index contributed by atoms with van der Waals surface area (Å²) < 4.78 is 5.17. The maximum atomic E-state index is 9.90. The van der Waals surface area contributed by atoms with E-state index in [1.807, 2.05) is 0 Å².